The first-order valence-corrected chi connectivity index (χ1v) is 24.8. The average Bonchev–Trinajstić information content (AvgIpc) is 3.20. The van der Waals surface area contributed by atoms with Gasteiger partial charge in [-0.25, -0.2) is 9.59 Å². The van der Waals surface area contributed by atoms with E-state index in [0.717, 1.165) is 0 Å². The Morgan fingerprint density at radius 2 is 1.04 bits per heavy atom. The van der Waals surface area contributed by atoms with Crippen LogP contribution in [-0.4, -0.2) is 125 Å². The molecular weight excluding hydrogens is 1110 g/mol. The molecule has 0 spiro atoms. The molecule has 4 aliphatic rings. The zero-order chi connectivity index (χ0) is 51.7. The molecule has 0 aromatic heterocycles. The van der Waals surface area contributed by atoms with Gasteiger partial charge in [-0.05, 0) is 109 Å². The van der Waals surface area contributed by atoms with Gasteiger partial charge in [0, 0.05) is 92.2 Å². The number of amides is 4. The zero-order valence-corrected chi connectivity index (χ0v) is 45.0. The van der Waals surface area contributed by atoms with E-state index >= 15 is 0 Å². The van der Waals surface area contributed by atoms with E-state index in [0.29, 0.717) is 87.6 Å². The second-order valence-corrected chi connectivity index (χ2v) is 21.4. The summed E-state index contributed by atoms with van der Waals surface area (Å²) in [6.45, 7) is 16.7. The summed E-state index contributed by atoms with van der Waals surface area (Å²) in [4.78, 5) is 101. The molecule has 0 bridgehead atoms. The second kappa shape index (κ2) is 25.8. The van der Waals surface area contributed by atoms with E-state index in [-0.39, 0.29) is 80.6 Å². The molecule has 6 rings (SSSR count). The summed E-state index contributed by atoms with van der Waals surface area (Å²) in [5, 5.41) is 9.55. The Labute approximate surface area is 440 Å². The molecule has 2 aromatic carbocycles. The molecule has 23 heteroatoms. The summed E-state index contributed by atoms with van der Waals surface area (Å²) < 4.78 is 28.3. The van der Waals surface area contributed by atoms with Crippen molar-refractivity contribution in [2.75, 3.05) is 49.1 Å². The van der Waals surface area contributed by atoms with Gasteiger partial charge in [-0.2, -0.15) is 0 Å². The Kier molecular flexibility index (Phi) is 22.1. The summed E-state index contributed by atoms with van der Waals surface area (Å²) in [5.74, 6) is -1.93. The first-order valence-electron chi connectivity index (χ1n) is 22.1. The van der Waals surface area contributed by atoms with E-state index in [2.05, 4.69) is 36.6 Å². The van der Waals surface area contributed by atoms with Crippen molar-refractivity contribution in [1.82, 2.24) is 9.80 Å². The highest BCUT2D eigenvalue weighted by atomic mass is 79.9. The fraction of sp³-hybridized carbons (Fsp3) is 0.574. The summed E-state index contributed by atoms with van der Waals surface area (Å²) in [7, 11) is 0. The van der Waals surface area contributed by atoms with Crippen LogP contribution in [0.5, 0.6) is 11.5 Å². The van der Waals surface area contributed by atoms with Crippen molar-refractivity contribution in [2.24, 2.45) is 11.8 Å². The Hall–Kier alpha value is -4.37. The molecule has 70 heavy (non-hydrogen) atoms. The molecule has 2 fully saturated rings. The van der Waals surface area contributed by atoms with Crippen LogP contribution in [0.3, 0.4) is 0 Å². The van der Waals surface area contributed by atoms with Crippen LogP contribution in [0.15, 0.2) is 33.2 Å². The minimum atomic E-state index is -0.993. The molecule has 2 saturated heterocycles. The van der Waals surface area contributed by atoms with Gasteiger partial charge in [-0.1, -0.05) is 44.5 Å². The second-order valence-electron chi connectivity index (χ2n) is 18.5. The first kappa shape index (κ1) is 59.9. The lowest BCUT2D eigenvalue weighted by atomic mass is 9.98. The van der Waals surface area contributed by atoms with Crippen LogP contribution in [0.25, 0.3) is 0 Å². The smallest absolute Gasteiger partial charge is 0.410 e. The number of anilines is 2. The van der Waals surface area contributed by atoms with Crippen molar-refractivity contribution >= 4 is 125 Å². The number of halogens is 5. The van der Waals surface area contributed by atoms with Crippen LogP contribution in [0, 0.1) is 11.8 Å². The van der Waals surface area contributed by atoms with Gasteiger partial charge in [0.15, 0.2) is 12.2 Å². The van der Waals surface area contributed by atoms with Crippen LogP contribution in [0.1, 0.15) is 101 Å². The fourth-order valence-electron chi connectivity index (χ4n) is 6.97. The highest BCUT2D eigenvalue weighted by molar-refractivity contribution is 9.10. The van der Waals surface area contributed by atoms with Crippen molar-refractivity contribution in [1.29, 1.82) is 0 Å². The van der Waals surface area contributed by atoms with Gasteiger partial charge < -0.3 is 48.4 Å². The number of esters is 2. The predicted octanol–water partition coefficient (Wildman–Crippen LogP) is 10.0. The third-order valence-corrected chi connectivity index (χ3v) is 13.0. The molecule has 1 N–H and O–H groups in total. The highest BCUT2D eigenvalue weighted by Gasteiger charge is 2.42. The molecule has 0 radical (unpaired) electrons. The Bertz CT molecular complexity index is 2280. The van der Waals surface area contributed by atoms with Crippen molar-refractivity contribution in [2.45, 2.75) is 125 Å². The minimum Gasteiger partial charge on any atom is -0.481 e. The molecule has 4 heterocycles. The lowest BCUT2D eigenvalue weighted by molar-refractivity contribution is -0.159. The van der Waals surface area contributed by atoms with E-state index in [1.165, 1.54) is 0 Å². The van der Waals surface area contributed by atoms with Crippen LogP contribution in [0.4, 0.5) is 21.0 Å². The maximum atomic E-state index is 13.3. The van der Waals surface area contributed by atoms with Crippen molar-refractivity contribution in [3.63, 3.8) is 0 Å². The molecule has 2 atom stereocenters. The highest BCUT2D eigenvalue weighted by Crippen LogP contribution is 2.43. The standard InChI is InChI=1S/C23H28BrClN2O7.C20H24BrClN2O6.C3H5ClO.CH4/c1-5-19(28)33-20(29)7-6-17-21(30)27(16-9-15(25)14(24)8-18(16)32-17)12-13-10-26(11-13)22(31)34-23(2,3)4;1-20(2,3)30-19(28)23-8-11(9-23)10-24-14-7-13(22)12(21)6-16(14)29-15(18(24)27)4-5-17(25)26;1-2-3(4)5;/h8-9,13,17H,5-7,10-12H2,1-4H3;6-7,11,15H,4-5,8-10H2,1-3H3,(H,25,26);2H2,1H3;1H4. The van der Waals surface area contributed by atoms with Gasteiger partial charge in [0.2, 0.25) is 5.24 Å². The Balaban J connectivity index is 0.000000335. The molecule has 2 unspecified atom stereocenters. The molecule has 388 valence electrons. The largest absolute Gasteiger partial charge is 0.481 e. The topological polar surface area (TPSA) is 216 Å². The zero-order valence-electron chi connectivity index (χ0n) is 39.5. The van der Waals surface area contributed by atoms with E-state index < -0.39 is 41.3 Å². The third-order valence-electron chi connectivity index (χ3n) is 10.3. The number of carboxylic acids is 1. The molecule has 0 saturated carbocycles. The number of likely N-dealkylation sites (tertiary alicyclic amines) is 2. The minimum absolute atomic E-state index is 0. The molecule has 4 amide bonds. The van der Waals surface area contributed by atoms with Gasteiger partial charge in [-0.15, -0.1) is 0 Å². The van der Waals surface area contributed by atoms with Gasteiger partial charge in [-0.3, -0.25) is 28.8 Å². The van der Waals surface area contributed by atoms with Crippen LogP contribution >= 0.6 is 66.7 Å². The number of fused-ring (bicyclic) bond motifs is 2. The number of benzene rings is 2. The summed E-state index contributed by atoms with van der Waals surface area (Å²) >= 11 is 24.0. The van der Waals surface area contributed by atoms with Crippen molar-refractivity contribution in [3.05, 3.63) is 43.3 Å². The van der Waals surface area contributed by atoms with Gasteiger partial charge in [0.05, 0.1) is 27.8 Å². The molecule has 18 nitrogen and oxygen atoms in total. The number of aliphatic carboxylic acids is 1. The Morgan fingerprint density at radius 3 is 1.37 bits per heavy atom. The fourth-order valence-corrected chi connectivity index (χ4v) is 7.93. The van der Waals surface area contributed by atoms with E-state index in [4.69, 9.17) is 58.9 Å². The number of hydrogen-bond donors (Lipinski definition) is 1. The monoisotopic (exact) mass is 1170 g/mol. The van der Waals surface area contributed by atoms with Crippen molar-refractivity contribution in [3.8, 4) is 11.5 Å². The number of carbonyl (C=O) groups excluding carboxylic acids is 7. The molecular formula is C47H61Br2Cl3N4O14. The van der Waals surface area contributed by atoms with E-state index in [1.807, 2.05) is 20.8 Å². The average molecular weight is 1170 g/mol. The number of ether oxygens (including phenoxy) is 5. The third kappa shape index (κ3) is 17.4. The van der Waals surface area contributed by atoms with Gasteiger partial charge in [0.1, 0.15) is 22.7 Å². The van der Waals surface area contributed by atoms with Crippen molar-refractivity contribution < 1.29 is 67.1 Å². The molecule has 0 aliphatic carbocycles. The van der Waals surface area contributed by atoms with Gasteiger partial charge in [0.25, 0.3) is 11.8 Å². The number of carboxylic acid groups (broad SMARTS) is 1. The maximum Gasteiger partial charge on any atom is 0.410 e. The lowest BCUT2D eigenvalue weighted by Crippen LogP contribution is -2.57. The quantitative estimate of drug-likeness (QED) is 0.0906. The molecule has 4 aliphatic heterocycles. The van der Waals surface area contributed by atoms with E-state index in [1.54, 1.807) is 78.5 Å². The number of carbonyl (C=O) groups is 8. The van der Waals surface area contributed by atoms with Gasteiger partial charge >= 0.3 is 30.1 Å². The summed E-state index contributed by atoms with van der Waals surface area (Å²) in [6, 6.07) is 6.65. The number of hydrogen-bond acceptors (Lipinski definition) is 13. The van der Waals surface area contributed by atoms with E-state index in [9.17, 15) is 38.4 Å². The Morgan fingerprint density at radius 1 is 0.671 bits per heavy atom. The number of rotatable bonds is 12. The number of nitrogens with zero attached hydrogens (tertiary/aromatic N) is 4. The summed E-state index contributed by atoms with van der Waals surface area (Å²) in [6.07, 6.45) is -2.25. The summed E-state index contributed by atoms with van der Waals surface area (Å²) in [5.41, 5.74) is -0.0889. The predicted molar refractivity (Wildman–Crippen MR) is 270 cm³/mol. The van der Waals surface area contributed by atoms with Crippen LogP contribution in [0.2, 0.25) is 10.0 Å². The SMILES string of the molecule is C.CC(C)(C)OC(=O)N1CC(CN2C(=O)C(CCC(=O)O)Oc3cc(Br)c(Cl)cc32)C1.CCC(=O)Cl.CCC(=O)OC(=O)CCC1Oc2cc(Br)c(Cl)cc2N(CC2CN(C(=O)OC(C)(C)C)C2)C1=O. The van der Waals surface area contributed by atoms with Crippen LogP contribution < -0.4 is 19.3 Å². The molecule has 2 aromatic rings. The maximum absolute atomic E-state index is 13.3. The normalized spacial score (nSPS) is 17.5. The first-order chi connectivity index (χ1) is 32.1. The van der Waals surface area contributed by atoms with Crippen LogP contribution in [-0.2, 0) is 43.0 Å². The lowest BCUT2D eigenvalue weighted by Gasteiger charge is -2.43.